The van der Waals surface area contributed by atoms with Crippen LogP contribution in [0.1, 0.15) is 18.5 Å². The van der Waals surface area contributed by atoms with Gasteiger partial charge < -0.3 is 10.1 Å². The van der Waals surface area contributed by atoms with Crippen LogP contribution in [-0.2, 0) is 9.84 Å². The first-order chi connectivity index (χ1) is 11.3. The molecule has 0 aliphatic carbocycles. The first kappa shape index (κ1) is 21.7. The lowest BCUT2D eigenvalue weighted by Gasteiger charge is -2.17. The van der Waals surface area contributed by atoms with Crippen LogP contribution in [-0.4, -0.2) is 27.8 Å². The van der Waals surface area contributed by atoms with Gasteiger partial charge in [0.05, 0.1) is 9.92 Å². The van der Waals surface area contributed by atoms with Crippen molar-refractivity contribution in [2.75, 3.05) is 19.4 Å². The summed E-state index contributed by atoms with van der Waals surface area (Å²) >= 11 is 5.93. The van der Waals surface area contributed by atoms with Crippen LogP contribution in [0.2, 0.25) is 5.02 Å². The van der Waals surface area contributed by atoms with Crippen LogP contribution in [0.3, 0.4) is 0 Å². The van der Waals surface area contributed by atoms with Crippen molar-refractivity contribution in [3.63, 3.8) is 0 Å². The fourth-order valence-electron chi connectivity index (χ4n) is 2.31. The van der Waals surface area contributed by atoms with Crippen LogP contribution >= 0.6 is 24.0 Å². The molecular formula is C17H20Cl2FNO3S. The Kier molecular flexibility index (Phi) is 8.15. The van der Waals surface area contributed by atoms with Crippen molar-refractivity contribution in [1.82, 2.24) is 5.32 Å². The molecule has 0 aromatic heterocycles. The Morgan fingerprint density at radius 2 is 1.92 bits per heavy atom. The average Bonchev–Trinajstić information content (AvgIpc) is 2.53. The van der Waals surface area contributed by atoms with Crippen molar-refractivity contribution in [1.29, 1.82) is 0 Å². The quantitative estimate of drug-likeness (QED) is 0.703. The molecule has 25 heavy (non-hydrogen) atoms. The fraction of sp³-hybridized carbons (Fsp3) is 0.294. The second kappa shape index (κ2) is 9.38. The standard InChI is InChI=1S/C17H19ClFNO3S.ClH/c1-12(14-5-3-4-6-17(14)24(2,21)22)20-9-10-23-16-11-13(19)7-8-15(16)18;/h3-8,11-12,20H,9-10H2,1-2H3;1H. The van der Waals surface area contributed by atoms with Gasteiger partial charge in [-0.15, -0.1) is 12.4 Å². The van der Waals surface area contributed by atoms with E-state index in [9.17, 15) is 12.8 Å². The van der Waals surface area contributed by atoms with Gasteiger partial charge in [-0.2, -0.15) is 0 Å². The molecule has 0 spiro atoms. The van der Waals surface area contributed by atoms with Gasteiger partial charge in [0.25, 0.3) is 0 Å². The van der Waals surface area contributed by atoms with Crippen LogP contribution in [0.4, 0.5) is 4.39 Å². The monoisotopic (exact) mass is 407 g/mol. The van der Waals surface area contributed by atoms with Gasteiger partial charge in [0.15, 0.2) is 9.84 Å². The van der Waals surface area contributed by atoms with Gasteiger partial charge in [-0.05, 0) is 30.7 Å². The van der Waals surface area contributed by atoms with Gasteiger partial charge in [-0.3, -0.25) is 0 Å². The molecule has 2 aromatic carbocycles. The summed E-state index contributed by atoms with van der Waals surface area (Å²) in [6, 6.07) is 10.6. The van der Waals surface area contributed by atoms with Gasteiger partial charge in [-0.1, -0.05) is 29.8 Å². The molecule has 8 heteroatoms. The van der Waals surface area contributed by atoms with E-state index in [-0.39, 0.29) is 30.8 Å². The minimum atomic E-state index is -3.29. The van der Waals surface area contributed by atoms with E-state index in [1.54, 1.807) is 24.3 Å². The van der Waals surface area contributed by atoms with E-state index < -0.39 is 15.7 Å². The van der Waals surface area contributed by atoms with Crippen LogP contribution in [0, 0.1) is 5.82 Å². The predicted molar refractivity (Wildman–Crippen MR) is 100 cm³/mol. The van der Waals surface area contributed by atoms with Gasteiger partial charge in [0, 0.05) is 24.9 Å². The van der Waals surface area contributed by atoms with E-state index in [0.29, 0.717) is 22.0 Å². The minimum Gasteiger partial charge on any atom is -0.491 e. The highest BCUT2D eigenvalue weighted by Crippen LogP contribution is 2.25. The Bertz CT molecular complexity index is 815. The number of sulfone groups is 1. The molecule has 0 radical (unpaired) electrons. The van der Waals surface area contributed by atoms with E-state index >= 15 is 0 Å². The summed E-state index contributed by atoms with van der Waals surface area (Å²) in [6.45, 7) is 2.60. The largest absolute Gasteiger partial charge is 0.491 e. The highest BCUT2D eigenvalue weighted by Gasteiger charge is 2.16. The van der Waals surface area contributed by atoms with Gasteiger partial charge in [0.1, 0.15) is 18.2 Å². The summed E-state index contributed by atoms with van der Waals surface area (Å²) in [5.41, 5.74) is 0.698. The highest BCUT2D eigenvalue weighted by molar-refractivity contribution is 7.90. The van der Waals surface area contributed by atoms with Crippen molar-refractivity contribution in [3.8, 4) is 5.75 Å². The Morgan fingerprint density at radius 3 is 2.60 bits per heavy atom. The number of nitrogens with one attached hydrogen (secondary N) is 1. The van der Waals surface area contributed by atoms with Crippen molar-refractivity contribution in [3.05, 3.63) is 58.9 Å². The summed E-state index contributed by atoms with van der Waals surface area (Å²) < 4.78 is 42.3. The zero-order valence-electron chi connectivity index (χ0n) is 13.8. The van der Waals surface area contributed by atoms with Gasteiger partial charge >= 0.3 is 0 Å². The third-order valence-corrected chi connectivity index (χ3v) is 4.97. The average molecular weight is 408 g/mol. The van der Waals surface area contributed by atoms with E-state index in [2.05, 4.69) is 5.32 Å². The second-order valence-corrected chi connectivity index (χ2v) is 7.80. The molecule has 0 fully saturated rings. The number of ether oxygens (including phenoxy) is 1. The van der Waals surface area contributed by atoms with Crippen molar-refractivity contribution in [2.24, 2.45) is 0 Å². The molecule has 0 aliphatic rings. The zero-order valence-corrected chi connectivity index (χ0v) is 16.2. The minimum absolute atomic E-state index is 0. The Labute approximate surface area is 158 Å². The summed E-state index contributed by atoms with van der Waals surface area (Å²) in [4.78, 5) is 0.305. The van der Waals surface area contributed by atoms with E-state index in [1.165, 1.54) is 24.5 Å². The molecular weight excluding hydrogens is 388 g/mol. The maximum Gasteiger partial charge on any atom is 0.175 e. The molecule has 0 bridgehead atoms. The van der Waals surface area contributed by atoms with Crippen LogP contribution in [0.25, 0.3) is 0 Å². The lowest BCUT2D eigenvalue weighted by Crippen LogP contribution is -2.25. The first-order valence-electron chi connectivity index (χ1n) is 7.39. The molecule has 0 aliphatic heterocycles. The van der Waals surface area contributed by atoms with E-state index in [0.717, 1.165) is 0 Å². The van der Waals surface area contributed by atoms with Crippen LogP contribution in [0.5, 0.6) is 5.75 Å². The van der Waals surface area contributed by atoms with Gasteiger partial charge in [-0.25, -0.2) is 12.8 Å². The molecule has 1 N–H and O–H groups in total. The predicted octanol–water partition coefficient (Wildman–Crippen LogP) is 4.03. The summed E-state index contributed by atoms with van der Waals surface area (Å²) in [5, 5.41) is 3.53. The number of benzene rings is 2. The smallest absolute Gasteiger partial charge is 0.175 e. The molecule has 4 nitrogen and oxygen atoms in total. The first-order valence-corrected chi connectivity index (χ1v) is 9.66. The highest BCUT2D eigenvalue weighted by atomic mass is 35.5. The maximum atomic E-state index is 13.2. The molecule has 0 heterocycles. The number of hydrogen-bond acceptors (Lipinski definition) is 4. The summed E-state index contributed by atoms with van der Waals surface area (Å²) in [5.74, 6) is -0.138. The lowest BCUT2D eigenvalue weighted by molar-refractivity contribution is 0.306. The zero-order chi connectivity index (χ0) is 17.7. The lowest BCUT2D eigenvalue weighted by atomic mass is 10.1. The van der Waals surface area contributed by atoms with Crippen LogP contribution < -0.4 is 10.1 Å². The Balaban J connectivity index is 0.00000312. The van der Waals surface area contributed by atoms with E-state index in [1.807, 2.05) is 6.92 Å². The van der Waals surface area contributed by atoms with Crippen molar-refractivity contribution in [2.45, 2.75) is 17.9 Å². The Hall–Kier alpha value is -1.34. The topological polar surface area (TPSA) is 55.4 Å². The molecule has 1 unspecified atom stereocenters. The second-order valence-electron chi connectivity index (χ2n) is 5.41. The van der Waals surface area contributed by atoms with Gasteiger partial charge in [0.2, 0.25) is 0 Å². The number of hydrogen-bond donors (Lipinski definition) is 1. The van der Waals surface area contributed by atoms with E-state index in [4.69, 9.17) is 16.3 Å². The number of halogens is 3. The number of rotatable bonds is 7. The third-order valence-electron chi connectivity index (χ3n) is 3.49. The molecule has 2 aromatic rings. The van der Waals surface area contributed by atoms with Crippen LogP contribution in [0.15, 0.2) is 47.4 Å². The SMILES string of the molecule is CC(NCCOc1cc(F)ccc1Cl)c1ccccc1S(C)(=O)=O.Cl. The summed E-state index contributed by atoms with van der Waals surface area (Å²) in [6.07, 6.45) is 1.19. The van der Waals surface area contributed by atoms with Crippen molar-refractivity contribution < 1.29 is 17.5 Å². The summed E-state index contributed by atoms with van der Waals surface area (Å²) in [7, 11) is -3.29. The van der Waals surface area contributed by atoms with Crippen molar-refractivity contribution >= 4 is 33.8 Å². The molecule has 1 atom stereocenters. The Morgan fingerprint density at radius 1 is 1.24 bits per heavy atom. The molecule has 0 saturated carbocycles. The molecule has 0 saturated heterocycles. The normalized spacial score (nSPS) is 12.3. The third kappa shape index (κ3) is 6.15. The molecule has 0 amide bonds. The maximum absolute atomic E-state index is 13.2. The molecule has 138 valence electrons. The fourth-order valence-corrected chi connectivity index (χ4v) is 3.48. The molecule has 2 rings (SSSR count).